The second-order valence-electron chi connectivity index (χ2n) is 10.9. The van der Waals surface area contributed by atoms with Crippen LogP contribution in [0.2, 0.25) is 0 Å². The van der Waals surface area contributed by atoms with Crippen molar-refractivity contribution in [3.63, 3.8) is 0 Å². The topological polar surface area (TPSA) is 0 Å². The molecule has 0 heteroatoms. The number of hydrogen-bond acceptors (Lipinski definition) is 0. The number of unbranched alkanes of at least 4 members (excludes halogenated alkanes) is 4. The third-order valence-corrected chi connectivity index (χ3v) is 9.12. The van der Waals surface area contributed by atoms with Crippen LogP contribution in [0.1, 0.15) is 153 Å². The van der Waals surface area contributed by atoms with Crippen molar-refractivity contribution in [2.24, 2.45) is 21.7 Å². The molecule has 0 saturated carbocycles. The predicted molar refractivity (Wildman–Crippen MR) is 126 cm³/mol. The summed E-state index contributed by atoms with van der Waals surface area (Å²) >= 11 is 0. The van der Waals surface area contributed by atoms with Gasteiger partial charge in [0.05, 0.1) is 0 Å². The van der Waals surface area contributed by atoms with Crippen molar-refractivity contribution < 1.29 is 0 Å². The molecule has 0 aromatic carbocycles. The van der Waals surface area contributed by atoms with E-state index in [1.54, 1.807) is 0 Å². The third kappa shape index (κ3) is 5.99. The zero-order chi connectivity index (χ0) is 21.2. The second-order valence-corrected chi connectivity index (χ2v) is 10.9. The van der Waals surface area contributed by atoms with E-state index in [1.165, 1.54) is 83.5 Å². The highest BCUT2D eigenvalue weighted by Gasteiger charge is 2.58. The van der Waals surface area contributed by atoms with Crippen molar-refractivity contribution >= 4 is 0 Å². The Morgan fingerprint density at radius 3 is 1.22 bits per heavy atom. The summed E-state index contributed by atoms with van der Waals surface area (Å²) in [7, 11) is 0. The van der Waals surface area contributed by atoms with E-state index in [-0.39, 0.29) is 0 Å². The fraction of sp³-hybridized carbons (Fsp3) is 1.00. The van der Waals surface area contributed by atoms with Gasteiger partial charge in [-0.25, -0.2) is 0 Å². The van der Waals surface area contributed by atoms with Crippen LogP contribution in [0.3, 0.4) is 0 Å². The van der Waals surface area contributed by atoms with Gasteiger partial charge >= 0.3 is 0 Å². The fourth-order valence-corrected chi connectivity index (χ4v) is 5.97. The summed E-state index contributed by atoms with van der Waals surface area (Å²) in [6.45, 7) is 25.2. The van der Waals surface area contributed by atoms with Crippen molar-refractivity contribution in [1.29, 1.82) is 0 Å². The average molecular weight is 381 g/mol. The summed E-state index contributed by atoms with van der Waals surface area (Å²) in [6, 6.07) is 0. The van der Waals surface area contributed by atoms with E-state index in [4.69, 9.17) is 0 Å². The lowest BCUT2D eigenvalue weighted by molar-refractivity contribution is -0.145. The molecule has 3 atom stereocenters. The van der Waals surface area contributed by atoms with Gasteiger partial charge in [-0.05, 0) is 47.3 Å². The van der Waals surface area contributed by atoms with Gasteiger partial charge in [0.1, 0.15) is 0 Å². The van der Waals surface area contributed by atoms with Crippen LogP contribution in [0.5, 0.6) is 0 Å². The maximum atomic E-state index is 2.71. The molecule has 0 spiro atoms. The molecular weight excluding hydrogens is 324 g/mol. The monoisotopic (exact) mass is 380 g/mol. The summed E-state index contributed by atoms with van der Waals surface area (Å²) in [5.74, 6) is 0. The standard InChI is InChI=1S/C27H56/c1-11-16-20-24(6,7)26(9,22-18-13-3)27(10,23-19-14-4)25(8,15-5)21-17-12-2/h11-23H2,1-10H3. The van der Waals surface area contributed by atoms with Crippen molar-refractivity contribution in [3.05, 3.63) is 0 Å². The van der Waals surface area contributed by atoms with E-state index in [9.17, 15) is 0 Å². The van der Waals surface area contributed by atoms with Crippen LogP contribution >= 0.6 is 0 Å². The summed E-state index contributed by atoms with van der Waals surface area (Å²) in [5, 5.41) is 0. The SMILES string of the molecule is CCCCC(C)(C)C(C)(CCCC)C(C)(CCCC)C(C)(CC)CCCC. The van der Waals surface area contributed by atoms with Crippen molar-refractivity contribution in [2.75, 3.05) is 0 Å². The van der Waals surface area contributed by atoms with Crippen molar-refractivity contribution in [3.8, 4) is 0 Å². The van der Waals surface area contributed by atoms with Crippen LogP contribution in [0.25, 0.3) is 0 Å². The molecule has 164 valence electrons. The van der Waals surface area contributed by atoms with Gasteiger partial charge in [-0.1, -0.05) is 127 Å². The zero-order valence-corrected chi connectivity index (χ0v) is 21.2. The molecule has 0 aliphatic carbocycles. The smallest absolute Gasteiger partial charge is 0.0213 e. The highest BCUT2D eigenvalue weighted by Crippen LogP contribution is 2.66. The van der Waals surface area contributed by atoms with Gasteiger partial charge in [-0.15, -0.1) is 0 Å². The summed E-state index contributed by atoms with van der Waals surface area (Å²) < 4.78 is 0. The maximum absolute atomic E-state index is 2.71. The molecule has 0 aliphatic heterocycles. The predicted octanol–water partition coefficient (Wildman–Crippen LogP) is 10.2. The van der Waals surface area contributed by atoms with Gasteiger partial charge in [-0.3, -0.25) is 0 Å². The summed E-state index contributed by atoms with van der Waals surface area (Å²) in [6.07, 6.45) is 17.7. The number of rotatable bonds is 16. The van der Waals surface area contributed by atoms with E-state index in [0.29, 0.717) is 21.7 Å². The van der Waals surface area contributed by atoms with Gasteiger partial charge in [-0.2, -0.15) is 0 Å². The van der Waals surface area contributed by atoms with E-state index in [1.807, 2.05) is 0 Å². The number of hydrogen-bond donors (Lipinski definition) is 0. The summed E-state index contributed by atoms with van der Waals surface area (Å²) in [4.78, 5) is 0. The molecule has 0 aliphatic rings. The molecule has 27 heavy (non-hydrogen) atoms. The minimum atomic E-state index is 0.388. The van der Waals surface area contributed by atoms with E-state index in [2.05, 4.69) is 69.2 Å². The van der Waals surface area contributed by atoms with Crippen molar-refractivity contribution in [2.45, 2.75) is 153 Å². The normalized spacial score (nSPS) is 19.3. The van der Waals surface area contributed by atoms with E-state index >= 15 is 0 Å². The third-order valence-electron chi connectivity index (χ3n) is 9.12. The highest BCUT2D eigenvalue weighted by molar-refractivity contribution is 5.07. The zero-order valence-electron chi connectivity index (χ0n) is 21.2. The molecule has 0 amide bonds. The Balaban J connectivity index is 6.33. The largest absolute Gasteiger partial charge is 0.0654 e. The molecule has 0 aromatic rings. The van der Waals surface area contributed by atoms with Crippen LogP contribution in [0.15, 0.2) is 0 Å². The Bertz CT molecular complexity index is 381. The van der Waals surface area contributed by atoms with Crippen LogP contribution < -0.4 is 0 Å². The summed E-state index contributed by atoms with van der Waals surface area (Å²) in [5.41, 5.74) is 1.61. The molecule has 0 nitrogen and oxygen atoms in total. The first-order chi connectivity index (χ1) is 12.6. The minimum Gasteiger partial charge on any atom is -0.0654 e. The molecule has 0 rings (SSSR count). The van der Waals surface area contributed by atoms with E-state index in [0.717, 1.165) is 0 Å². The Morgan fingerprint density at radius 2 is 0.815 bits per heavy atom. The van der Waals surface area contributed by atoms with Crippen LogP contribution in [0.4, 0.5) is 0 Å². The quantitative estimate of drug-likeness (QED) is 0.250. The van der Waals surface area contributed by atoms with Crippen LogP contribution in [-0.4, -0.2) is 0 Å². The van der Waals surface area contributed by atoms with Gasteiger partial charge in [0.2, 0.25) is 0 Å². The highest BCUT2D eigenvalue weighted by atomic mass is 14.6. The molecule has 0 fully saturated rings. The molecule has 0 radical (unpaired) electrons. The molecule has 0 N–H and O–H groups in total. The Morgan fingerprint density at radius 1 is 0.444 bits per heavy atom. The fourth-order valence-electron chi connectivity index (χ4n) is 5.97. The van der Waals surface area contributed by atoms with Gasteiger partial charge < -0.3 is 0 Å². The van der Waals surface area contributed by atoms with Gasteiger partial charge in [0.25, 0.3) is 0 Å². The van der Waals surface area contributed by atoms with Crippen LogP contribution in [0, 0.1) is 21.7 Å². The van der Waals surface area contributed by atoms with Gasteiger partial charge in [0, 0.05) is 0 Å². The minimum absolute atomic E-state index is 0.388. The Kier molecular flexibility index (Phi) is 11.9. The Labute approximate surface area is 174 Å². The second kappa shape index (κ2) is 11.9. The first kappa shape index (κ1) is 27.0. The molecule has 0 heterocycles. The molecule has 0 bridgehead atoms. The van der Waals surface area contributed by atoms with E-state index < -0.39 is 0 Å². The lowest BCUT2D eigenvalue weighted by Crippen LogP contribution is -2.56. The van der Waals surface area contributed by atoms with Crippen molar-refractivity contribution in [1.82, 2.24) is 0 Å². The average Bonchev–Trinajstić information content (AvgIpc) is 2.66. The van der Waals surface area contributed by atoms with Gasteiger partial charge in [0.15, 0.2) is 0 Å². The maximum Gasteiger partial charge on any atom is -0.0213 e. The lowest BCUT2D eigenvalue weighted by Gasteiger charge is -2.63. The molecule has 0 aromatic heterocycles. The molecular formula is C27H56. The molecule has 0 saturated heterocycles. The lowest BCUT2D eigenvalue weighted by atomic mass is 9.41. The first-order valence-electron chi connectivity index (χ1n) is 12.6. The first-order valence-corrected chi connectivity index (χ1v) is 12.6. The molecule has 3 unspecified atom stereocenters. The van der Waals surface area contributed by atoms with Crippen LogP contribution in [-0.2, 0) is 0 Å². The Hall–Kier alpha value is 0.